The first-order valence-corrected chi connectivity index (χ1v) is 11.1. The van der Waals surface area contributed by atoms with Gasteiger partial charge in [-0.3, -0.25) is 4.79 Å². The van der Waals surface area contributed by atoms with Crippen molar-refractivity contribution in [2.24, 2.45) is 5.92 Å². The third-order valence-corrected chi connectivity index (χ3v) is 6.24. The number of aryl methyl sites for hydroxylation is 2. The summed E-state index contributed by atoms with van der Waals surface area (Å²) in [5.41, 5.74) is 3.34. The van der Waals surface area contributed by atoms with Crippen molar-refractivity contribution in [3.05, 3.63) is 41.6 Å². The van der Waals surface area contributed by atoms with Crippen LogP contribution in [0.2, 0.25) is 0 Å². The lowest BCUT2D eigenvalue weighted by atomic mass is 9.89. The molecule has 4 rings (SSSR count). The van der Waals surface area contributed by atoms with Gasteiger partial charge in [0, 0.05) is 49.5 Å². The van der Waals surface area contributed by atoms with Crippen molar-refractivity contribution in [1.82, 2.24) is 9.97 Å². The van der Waals surface area contributed by atoms with Crippen LogP contribution in [0.3, 0.4) is 0 Å². The van der Waals surface area contributed by atoms with E-state index in [1.165, 1.54) is 5.56 Å². The van der Waals surface area contributed by atoms with E-state index in [2.05, 4.69) is 51.4 Å². The molecule has 30 heavy (non-hydrogen) atoms. The number of carbonyl (C=O) groups is 1. The second-order valence-corrected chi connectivity index (χ2v) is 9.06. The summed E-state index contributed by atoms with van der Waals surface area (Å²) in [6, 6.07) is 9.02. The fourth-order valence-corrected chi connectivity index (χ4v) is 4.37. The summed E-state index contributed by atoms with van der Waals surface area (Å²) < 4.78 is 0. The third kappa shape index (κ3) is 4.58. The molecule has 160 valence electrons. The number of nitrogens with one attached hydrogen (secondary N) is 1. The molecule has 6 nitrogen and oxygen atoms in total. The van der Waals surface area contributed by atoms with Gasteiger partial charge in [-0.15, -0.1) is 0 Å². The maximum atomic E-state index is 13.1. The zero-order valence-electron chi connectivity index (χ0n) is 18.6. The van der Waals surface area contributed by atoms with Gasteiger partial charge >= 0.3 is 0 Å². The highest BCUT2D eigenvalue weighted by atomic mass is 16.2. The van der Waals surface area contributed by atoms with Crippen LogP contribution in [0.25, 0.3) is 0 Å². The van der Waals surface area contributed by atoms with Crippen LogP contribution in [0.4, 0.5) is 17.5 Å². The molecule has 0 atom stereocenters. The minimum absolute atomic E-state index is 0.229. The fraction of sp³-hybridized carbons (Fsp3) is 0.542. The molecule has 2 fully saturated rings. The van der Waals surface area contributed by atoms with Crippen LogP contribution < -0.4 is 15.1 Å². The van der Waals surface area contributed by atoms with Gasteiger partial charge in [0.05, 0.1) is 0 Å². The van der Waals surface area contributed by atoms with Crippen LogP contribution in [0.15, 0.2) is 30.5 Å². The van der Waals surface area contributed by atoms with Gasteiger partial charge in [-0.2, -0.15) is 4.98 Å². The number of carbonyl (C=O) groups excluding carboxylic acids is 1. The minimum atomic E-state index is 0.229. The molecule has 1 aromatic carbocycles. The van der Waals surface area contributed by atoms with Crippen molar-refractivity contribution in [2.45, 2.75) is 64.5 Å². The number of hydrogen-bond donors (Lipinski definition) is 1. The first kappa shape index (κ1) is 20.6. The van der Waals surface area contributed by atoms with Gasteiger partial charge in [0.2, 0.25) is 11.9 Å². The number of nitrogens with zero attached hydrogens (tertiary/aromatic N) is 4. The molecule has 0 saturated heterocycles. The topological polar surface area (TPSA) is 61.4 Å². The Morgan fingerprint density at radius 2 is 1.67 bits per heavy atom. The minimum Gasteiger partial charge on any atom is -0.362 e. The predicted molar refractivity (Wildman–Crippen MR) is 122 cm³/mol. The second kappa shape index (κ2) is 8.62. The quantitative estimate of drug-likeness (QED) is 0.772. The summed E-state index contributed by atoms with van der Waals surface area (Å²) in [4.78, 5) is 26.3. The molecule has 0 bridgehead atoms. The first-order valence-electron chi connectivity index (χ1n) is 11.1. The average molecular weight is 408 g/mol. The molecule has 0 spiro atoms. The van der Waals surface area contributed by atoms with Gasteiger partial charge in [-0.25, -0.2) is 4.98 Å². The number of amides is 1. The lowest BCUT2D eigenvalue weighted by molar-refractivity contribution is -0.120. The maximum Gasteiger partial charge on any atom is 0.230 e. The van der Waals surface area contributed by atoms with E-state index in [0.29, 0.717) is 17.9 Å². The average Bonchev–Trinajstić information content (AvgIpc) is 3.57. The molecule has 2 aliphatic carbocycles. The maximum absolute atomic E-state index is 13.1. The van der Waals surface area contributed by atoms with E-state index >= 15 is 0 Å². The fourth-order valence-electron chi connectivity index (χ4n) is 4.37. The SMILES string of the molecule is Cc1ccc(N(C(=O)C2CC2)C2CCC(Nc3ncc(C)c(N(C)C)n3)CC2)cc1. The van der Waals surface area contributed by atoms with Crippen molar-refractivity contribution >= 4 is 23.4 Å². The third-order valence-electron chi connectivity index (χ3n) is 6.24. The summed E-state index contributed by atoms with van der Waals surface area (Å²) in [7, 11) is 4.00. The van der Waals surface area contributed by atoms with Gasteiger partial charge in [0.25, 0.3) is 0 Å². The summed E-state index contributed by atoms with van der Waals surface area (Å²) in [5, 5.41) is 3.52. The van der Waals surface area contributed by atoms with Crippen molar-refractivity contribution in [3.8, 4) is 0 Å². The van der Waals surface area contributed by atoms with Crippen molar-refractivity contribution in [1.29, 1.82) is 0 Å². The molecule has 1 aromatic heterocycles. The smallest absolute Gasteiger partial charge is 0.230 e. The van der Waals surface area contributed by atoms with E-state index in [9.17, 15) is 4.79 Å². The zero-order valence-corrected chi connectivity index (χ0v) is 18.6. The van der Waals surface area contributed by atoms with Gasteiger partial charge < -0.3 is 15.1 Å². The lowest BCUT2D eigenvalue weighted by Crippen LogP contribution is -2.45. The molecular formula is C24H33N5O. The van der Waals surface area contributed by atoms with Crippen molar-refractivity contribution < 1.29 is 4.79 Å². The molecule has 1 N–H and O–H groups in total. The summed E-state index contributed by atoms with van der Waals surface area (Å²) >= 11 is 0. The molecule has 0 aliphatic heterocycles. The Labute approximate surface area is 179 Å². The largest absolute Gasteiger partial charge is 0.362 e. The highest BCUT2D eigenvalue weighted by Gasteiger charge is 2.38. The van der Waals surface area contributed by atoms with Gasteiger partial charge in [0.1, 0.15) is 5.82 Å². The molecule has 6 heteroatoms. The standard InChI is InChI=1S/C24H33N5O/c1-16-5-11-20(12-6-16)29(23(30)18-7-8-18)21-13-9-19(10-14-21)26-24-25-15-17(2)22(27-24)28(3)4/h5-6,11-12,15,18-19,21H,7-10,13-14H2,1-4H3,(H,25,26,27). The predicted octanol–water partition coefficient (Wildman–Crippen LogP) is 4.33. The van der Waals surface area contributed by atoms with Crippen molar-refractivity contribution in [2.75, 3.05) is 29.2 Å². The van der Waals surface area contributed by atoms with Crippen LogP contribution in [0.1, 0.15) is 49.7 Å². The molecule has 0 unspecified atom stereocenters. The molecule has 2 aromatic rings. The molecular weight excluding hydrogens is 374 g/mol. The highest BCUT2D eigenvalue weighted by Crippen LogP contribution is 2.36. The number of aromatic nitrogens is 2. The highest BCUT2D eigenvalue weighted by molar-refractivity contribution is 5.97. The van der Waals surface area contributed by atoms with E-state index in [-0.39, 0.29) is 12.0 Å². The number of rotatable bonds is 6. The second-order valence-electron chi connectivity index (χ2n) is 9.06. The Balaban J connectivity index is 1.42. The lowest BCUT2D eigenvalue weighted by Gasteiger charge is -2.37. The van der Waals surface area contributed by atoms with E-state index in [1.807, 2.05) is 32.1 Å². The summed E-state index contributed by atoms with van der Waals surface area (Å²) in [6.07, 6.45) is 7.98. The summed E-state index contributed by atoms with van der Waals surface area (Å²) in [5.74, 6) is 2.18. The normalized spacial score (nSPS) is 21.2. The first-order chi connectivity index (χ1) is 14.4. The van der Waals surface area contributed by atoms with Crippen LogP contribution in [0.5, 0.6) is 0 Å². The molecule has 2 aliphatic rings. The Bertz CT molecular complexity index is 883. The Hall–Kier alpha value is -2.63. The molecule has 1 amide bonds. The van der Waals surface area contributed by atoms with Crippen LogP contribution in [0, 0.1) is 19.8 Å². The Kier molecular flexibility index (Phi) is 5.93. The van der Waals surface area contributed by atoms with Gasteiger partial charge in [-0.1, -0.05) is 17.7 Å². The number of anilines is 3. The molecule has 0 radical (unpaired) electrons. The van der Waals surface area contributed by atoms with Crippen LogP contribution in [-0.2, 0) is 4.79 Å². The zero-order chi connectivity index (χ0) is 21.3. The Morgan fingerprint density at radius 3 is 2.27 bits per heavy atom. The van der Waals surface area contributed by atoms with E-state index < -0.39 is 0 Å². The van der Waals surface area contributed by atoms with E-state index in [0.717, 1.165) is 55.6 Å². The van der Waals surface area contributed by atoms with E-state index in [4.69, 9.17) is 0 Å². The Morgan fingerprint density at radius 1 is 1.00 bits per heavy atom. The number of benzene rings is 1. The number of hydrogen-bond acceptors (Lipinski definition) is 5. The van der Waals surface area contributed by atoms with Crippen LogP contribution >= 0.6 is 0 Å². The van der Waals surface area contributed by atoms with Gasteiger partial charge in [-0.05, 0) is 64.5 Å². The van der Waals surface area contributed by atoms with Crippen molar-refractivity contribution in [3.63, 3.8) is 0 Å². The molecule has 2 saturated carbocycles. The summed E-state index contributed by atoms with van der Waals surface area (Å²) in [6.45, 7) is 4.11. The molecule has 1 heterocycles. The van der Waals surface area contributed by atoms with Gasteiger partial charge in [0.15, 0.2) is 0 Å². The van der Waals surface area contributed by atoms with Crippen LogP contribution in [-0.4, -0.2) is 42.1 Å². The van der Waals surface area contributed by atoms with E-state index in [1.54, 1.807) is 0 Å². The monoisotopic (exact) mass is 407 g/mol.